The fourth-order valence-electron chi connectivity index (χ4n) is 3.16. The summed E-state index contributed by atoms with van der Waals surface area (Å²) < 4.78 is 10.8. The van der Waals surface area contributed by atoms with Crippen molar-refractivity contribution in [1.29, 1.82) is 0 Å². The fourth-order valence-corrected chi connectivity index (χ4v) is 3.16. The first-order chi connectivity index (χ1) is 13.2. The van der Waals surface area contributed by atoms with Gasteiger partial charge < -0.3 is 20.1 Å². The molecule has 6 heteroatoms. The summed E-state index contributed by atoms with van der Waals surface area (Å²) >= 11 is 0. The first-order valence-electron chi connectivity index (χ1n) is 9.04. The Morgan fingerprint density at radius 3 is 2.78 bits per heavy atom. The molecule has 0 aliphatic carbocycles. The summed E-state index contributed by atoms with van der Waals surface area (Å²) in [6, 6.07) is 15.1. The van der Waals surface area contributed by atoms with Crippen LogP contribution in [0.15, 0.2) is 48.5 Å². The van der Waals surface area contributed by atoms with Crippen molar-refractivity contribution in [2.45, 2.75) is 32.0 Å². The van der Waals surface area contributed by atoms with Gasteiger partial charge in [0.05, 0.1) is 19.3 Å². The van der Waals surface area contributed by atoms with Crippen molar-refractivity contribution in [3.8, 4) is 5.75 Å². The van der Waals surface area contributed by atoms with Gasteiger partial charge >= 0.3 is 11.8 Å². The topological polar surface area (TPSA) is 76.7 Å². The number of benzene rings is 2. The maximum Gasteiger partial charge on any atom is 0.309 e. The molecule has 2 aromatic carbocycles. The van der Waals surface area contributed by atoms with Gasteiger partial charge in [-0.1, -0.05) is 42.5 Å². The summed E-state index contributed by atoms with van der Waals surface area (Å²) in [5.41, 5.74) is 2.84. The van der Waals surface area contributed by atoms with Gasteiger partial charge in [0, 0.05) is 19.2 Å². The lowest BCUT2D eigenvalue weighted by Gasteiger charge is -2.18. The zero-order valence-electron chi connectivity index (χ0n) is 15.4. The van der Waals surface area contributed by atoms with Gasteiger partial charge in [0.15, 0.2) is 0 Å². The van der Waals surface area contributed by atoms with E-state index in [1.807, 2.05) is 48.5 Å². The number of hydrogen-bond acceptors (Lipinski definition) is 4. The minimum Gasteiger partial charge on any atom is -0.493 e. The maximum atomic E-state index is 12.3. The molecule has 0 aromatic heterocycles. The summed E-state index contributed by atoms with van der Waals surface area (Å²) in [5, 5.41) is 5.51. The van der Waals surface area contributed by atoms with E-state index < -0.39 is 11.8 Å². The number of rotatable bonds is 5. The first-order valence-corrected chi connectivity index (χ1v) is 9.04. The summed E-state index contributed by atoms with van der Waals surface area (Å²) in [6.07, 6.45) is 1.54. The number of para-hydroxylation sites is 1. The number of carbonyl (C=O) groups excluding carboxylic acids is 2. The molecular weight excluding hydrogens is 344 g/mol. The van der Waals surface area contributed by atoms with Crippen LogP contribution < -0.4 is 15.4 Å². The molecule has 0 radical (unpaired) electrons. The molecule has 0 spiro atoms. The van der Waals surface area contributed by atoms with Crippen molar-refractivity contribution >= 4 is 11.8 Å². The third kappa shape index (κ3) is 5.08. The summed E-state index contributed by atoms with van der Waals surface area (Å²) in [7, 11) is 1.63. The quantitative estimate of drug-likeness (QED) is 0.795. The Hall–Kier alpha value is -2.86. The summed E-state index contributed by atoms with van der Waals surface area (Å²) in [5.74, 6) is -0.518. The van der Waals surface area contributed by atoms with Crippen LogP contribution in [0.2, 0.25) is 0 Å². The van der Waals surface area contributed by atoms with Crippen LogP contribution >= 0.6 is 0 Å². The molecule has 1 heterocycles. The second-order valence-electron chi connectivity index (χ2n) is 6.49. The highest BCUT2D eigenvalue weighted by Crippen LogP contribution is 2.30. The van der Waals surface area contributed by atoms with Crippen molar-refractivity contribution in [3.63, 3.8) is 0 Å². The number of ether oxygens (including phenoxy) is 2. The normalized spacial score (nSPS) is 15.8. The first kappa shape index (κ1) is 18.9. The Morgan fingerprint density at radius 2 is 1.93 bits per heavy atom. The monoisotopic (exact) mass is 368 g/mol. The lowest BCUT2D eigenvalue weighted by atomic mass is 10.0. The van der Waals surface area contributed by atoms with Crippen LogP contribution in [0, 0.1) is 0 Å². The molecule has 2 aromatic rings. The number of nitrogens with one attached hydrogen (secondary N) is 2. The number of amides is 2. The largest absolute Gasteiger partial charge is 0.493 e. The second kappa shape index (κ2) is 9.19. The van der Waals surface area contributed by atoms with Crippen molar-refractivity contribution in [2.75, 3.05) is 13.7 Å². The average molecular weight is 368 g/mol. The predicted octanol–water partition coefficient (Wildman–Crippen LogP) is 2.48. The SMILES string of the molecule is COCc1cccc(CNC(=O)C(=O)NC2CCCOc3ccccc32)c1. The molecule has 1 atom stereocenters. The van der Waals surface area contributed by atoms with E-state index in [1.54, 1.807) is 7.11 Å². The smallest absolute Gasteiger partial charge is 0.309 e. The number of carbonyl (C=O) groups is 2. The molecule has 1 aliphatic heterocycles. The predicted molar refractivity (Wildman–Crippen MR) is 101 cm³/mol. The highest BCUT2D eigenvalue weighted by molar-refractivity contribution is 6.35. The van der Waals surface area contributed by atoms with Gasteiger partial charge in [0.25, 0.3) is 0 Å². The third-order valence-electron chi connectivity index (χ3n) is 4.46. The highest BCUT2D eigenvalue weighted by Gasteiger charge is 2.23. The van der Waals surface area contributed by atoms with E-state index in [4.69, 9.17) is 9.47 Å². The van der Waals surface area contributed by atoms with Gasteiger partial charge in [-0.15, -0.1) is 0 Å². The molecule has 1 aliphatic rings. The van der Waals surface area contributed by atoms with E-state index in [-0.39, 0.29) is 12.6 Å². The Bertz CT molecular complexity index is 806. The van der Waals surface area contributed by atoms with Crippen LogP contribution in [0.3, 0.4) is 0 Å². The molecule has 27 heavy (non-hydrogen) atoms. The average Bonchev–Trinajstić information content (AvgIpc) is 2.89. The van der Waals surface area contributed by atoms with Crippen LogP contribution in [0.5, 0.6) is 5.75 Å². The number of fused-ring (bicyclic) bond motifs is 1. The van der Waals surface area contributed by atoms with Gasteiger partial charge in [0.2, 0.25) is 0 Å². The van der Waals surface area contributed by atoms with E-state index in [2.05, 4.69) is 10.6 Å². The molecular formula is C21H24N2O4. The van der Waals surface area contributed by atoms with E-state index in [1.165, 1.54) is 0 Å². The summed E-state index contributed by atoms with van der Waals surface area (Å²) in [6.45, 7) is 1.40. The summed E-state index contributed by atoms with van der Waals surface area (Å²) in [4.78, 5) is 24.6. The zero-order chi connectivity index (χ0) is 19.1. The van der Waals surface area contributed by atoms with Gasteiger partial charge in [0.1, 0.15) is 5.75 Å². The minimum atomic E-state index is -0.644. The minimum absolute atomic E-state index is 0.230. The van der Waals surface area contributed by atoms with E-state index in [0.717, 1.165) is 35.3 Å². The molecule has 3 rings (SSSR count). The van der Waals surface area contributed by atoms with Crippen molar-refractivity contribution < 1.29 is 19.1 Å². The molecule has 0 saturated carbocycles. The Labute approximate surface area is 158 Å². The van der Waals surface area contributed by atoms with Gasteiger partial charge in [-0.2, -0.15) is 0 Å². The van der Waals surface area contributed by atoms with E-state index in [9.17, 15) is 9.59 Å². The zero-order valence-corrected chi connectivity index (χ0v) is 15.4. The number of hydrogen-bond donors (Lipinski definition) is 2. The number of methoxy groups -OCH3 is 1. The van der Waals surface area contributed by atoms with Crippen LogP contribution in [0.4, 0.5) is 0 Å². The maximum absolute atomic E-state index is 12.3. The Kier molecular flexibility index (Phi) is 6.44. The third-order valence-corrected chi connectivity index (χ3v) is 4.46. The van der Waals surface area contributed by atoms with Crippen molar-refractivity contribution in [2.24, 2.45) is 0 Å². The van der Waals surface area contributed by atoms with Gasteiger partial charge in [-0.05, 0) is 30.0 Å². The molecule has 1 unspecified atom stereocenters. The van der Waals surface area contributed by atoms with Gasteiger partial charge in [-0.25, -0.2) is 0 Å². The molecule has 142 valence electrons. The lowest BCUT2D eigenvalue weighted by Crippen LogP contribution is -2.41. The molecule has 2 amide bonds. The van der Waals surface area contributed by atoms with Crippen LogP contribution in [0.1, 0.15) is 35.6 Å². The second-order valence-corrected chi connectivity index (χ2v) is 6.49. The van der Waals surface area contributed by atoms with Gasteiger partial charge in [-0.3, -0.25) is 9.59 Å². The van der Waals surface area contributed by atoms with E-state index >= 15 is 0 Å². The molecule has 2 N–H and O–H groups in total. The molecule has 6 nitrogen and oxygen atoms in total. The highest BCUT2D eigenvalue weighted by atomic mass is 16.5. The van der Waals surface area contributed by atoms with E-state index in [0.29, 0.717) is 13.2 Å². The Balaban J connectivity index is 1.58. The lowest BCUT2D eigenvalue weighted by molar-refractivity contribution is -0.139. The van der Waals surface area contributed by atoms with Crippen LogP contribution in [-0.2, 0) is 27.5 Å². The molecule has 0 fully saturated rings. The molecule has 0 saturated heterocycles. The Morgan fingerprint density at radius 1 is 1.11 bits per heavy atom. The molecule has 0 bridgehead atoms. The van der Waals surface area contributed by atoms with Crippen molar-refractivity contribution in [1.82, 2.24) is 10.6 Å². The van der Waals surface area contributed by atoms with Crippen LogP contribution in [-0.4, -0.2) is 25.5 Å². The standard InChI is InChI=1S/C21H24N2O4/c1-26-14-16-7-4-6-15(12-16)13-22-20(24)21(25)23-18-9-5-11-27-19-10-3-2-8-17(18)19/h2-4,6-8,10,12,18H,5,9,11,13-14H2,1H3,(H,22,24)(H,23,25). The fraction of sp³-hybridized carbons (Fsp3) is 0.333. The van der Waals surface area contributed by atoms with Crippen LogP contribution in [0.25, 0.3) is 0 Å². The van der Waals surface area contributed by atoms with Crippen molar-refractivity contribution in [3.05, 3.63) is 65.2 Å².